The third kappa shape index (κ3) is 2.59. The van der Waals surface area contributed by atoms with Crippen molar-refractivity contribution < 1.29 is 8.42 Å². The average molecular weight is 242 g/mol. The second-order valence-electron chi connectivity index (χ2n) is 4.02. The fraction of sp³-hybridized carbons (Fsp3) is 0.545. The Balaban J connectivity index is 3.28. The number of nitrogens with zero attached hydrogens (tertiary/aromatic N) is 1. The fourth-order valence-electron chi connectivity index (χ4n) is 1.58. The lowest BCUT2D eigenvalue weighted by molar-refractivity contribution is 0.411. The van der Waals surface area contributed by atoms with Crippen LogP contribution in [0.1, 0.15) is 32.3 Å². The van der Waals surface area contributed by atoms with Crippen molar-refractivity contribution in [3.8, 4) is 0 Å². The standard InChI is InChI=1S/C11H18N2O2S/c1-4-11(12,5-2)9-6-7-13-10(8-9)16(3,14)15/h6-8H,4-5,12H2,1-3H3. The summed E-state index contributed by atoms with van der Waals surface area (Å²) in [6.45, 7) is 3.98. The number of hydrogen-bond acceptors (Lipinski definition) is 4. The van der Waals surface area contributed by atoms with Gasteiger partial charge in [0, 0.05) is 18.0 Å². The van der Waals surface area contributed by atoms with E-state index in [0.29, 0.717) is 0 Å². The lowest BCUT2D eigenvalue weighted by atomic mass is 9.87. The molecule has 0 aliphatic rings. The SMILES string of the molecule is CCC(N)(CC)c1ccnc(S(C)(=O)=O)c1. The molecule has 0 aliphatic carbocycles. The van der Waals surface area contributed by atoms with E-state index in [2.05, 4.69) is 4.98 Å². The quantitative estimate of drug-likeness (QED) is 0.867. The number of aromatic nitrogens is 1. The van der Waals surface area contributed by atoms with E-state index in [1.54, 1.807) is 12.1 Å². The van der Waals surface area contributed by atoms with Gasteiger partial charge >= 0.3 is 0 Å². The van der Waals surface area contributed by atoms with Gasteiger partial charge in [-0.3, -0.25) is 0 Å². The van der Waals surface area contributed by atoms with Gasteiger partial charge in [0.2, 0.25) is 0 Å². The van der Waals surface area contributed by atoms with Crippen molar-refractivity contribution in [3.63, 3.8) is 0 Å². The Morgan fingerprint density at radius 2 is 1.94 bits per heavy atom. The molecule has 2 N–H and O–H groups in total. The van der Waals surface area contributed by atoms with E-state index in [-0.39, 0.29) is 5.03 Å². The highest BCUT2D eigenvalue weighted by Crippen LogP contribution is 2.26. The zero-order chi connectivity index (χ0) is 12.4. The second kappa shape index (κ2) is 4.51. The molecule has 16 heavy (non-hydrogen) atoms. The molecule has 1 aromatic rings. The van der Waals surface area contributed by atoms with Crippen LogP contribution in [0.15, 0.2) is 23.4 Å². The smallest absolute Gasteiger partial charge is 0.192 e. The van der Waals surface area contributed by atoms with Crippen molar-refractivity contribution in [2.45, 2.75) is 37.3 Å². The van der Waals surface area contributed by atoms with Crippen LogP contribution in [-0.4, -0.2) is 19.7 Å². The minimum Gasteiger partial charge on any atom is -0.321 e. The fourth-order valence-corrected chi connectivity index (χ4v) is 2.17. The molecule has 0 bridgehead atoms. The van der Waals surface area contributed by atoms with Crippen molar-refractivity contribution in [2.75, 3.05) is 6.26 Å². The molecule has 0 saturated carbocycles. The van der Waals surface area contributed by atoms with Crippen LogP contribution in [0.2, 0.25) is 0 Å². The Morgan fingerprint density at radius 3 is 2.38 bits per heavy atom. The van der Waals surface area contributed by atoms with Gasteiger partial charge in [-0.25, -0.2) is 13.4 Å². The molecule has 0 aromatic carbocycles. The van der Waals surface area contributed by atoms with Gasteiger partial charge in [0.25, 0.3) is 0 Å². The van der Waals surface area contributed by atoms with Crippen molar-refractivity contribution in [3.05, 3.63) is 23.9 Å². The van der Waals surface area contributed by atoms with Gasteiger partial charge in [-0.1, -0.05) is 13.8 Å². The summed E-state index contributed by atoms with van der Waals surface area (Å²) in [5.41, 5.74) is 6.56. The summed E-state index contributed by atoms with van der Waals surface area (Å²) in [7, 11) is -3.27. The zero-order valence-electron chi connectivity index (χ0n) is 9.90. The van der Waals surface area contributed by atoms with Gasteiger partial charge in [-0.15, -0.1) is 0 Å². The van der Waals surface area contributed by atoms with Crippen molar-refractivity contribution in [1.29, 1.82) is 0 Å². The van der Waals surface area contributed by atoms with E-state index in [9.17, 15) is 8.42 Å². The molecular formula is C11H18N2O2S. The molecule has 1 rings (SSSR count). The maximum absolute atomic E-state index is 11.4. The maximum atomic E-state index is 11.4. The molecule has 0 amide bonds. The number of rotatable bonds is 4. The van der Waals surface area contributed by atoms with Crippen molar-refractivity contribution in [1.82, 2.24) is 4.98 Å². The van der Waals surface area contributed by atoms with Gasteiger partial charge in [-0.2, -0.15) is 0 Å². The highest BCUT2D eigenvalue weighted by Gasteiger charge is 2.24. The molecule has 0 saturated heterocycles. The van der Waals surface area contributed by atoms with Crippen LogP contribution in [0, 0.1) is 0 Å². The number of nitrogens with two attached hydrogens (primary N) is 1. The number of sulfone groups is 1. The van der Waals surface area contributed by atoms with E-state index in [0.717, 1.165) is 24.7 Å². The molecule has 1 aromatic heterocycles. The molecule has 0 fully saturated rings. The van der Waals surface area contributed by atoms with Crippen LogP contribution < -0.4 is 5.73 Å². The molecule has 0 radical (unpaired) electrons. The summed E-state index contributed by atoms with van der Waals surface area (Å²) < 4.78 is 22.8. The molecule has 0 unspecified atom stereocenters. The first-order valence-electron chi connectivity index (χ1n) is 5.29. The zero-order valence-corrected chi connectivity index (χ0v) is 10.7. The van der Waals surface area contributed by atoms with E-state index in [1.165, 1.54) is 6.20 Å². The van der Waals surface area contributed by atoms with E-state index >= 15 is 0 Å². The molecule has 0 aliphatic heterocycles. The van der Waals surface area contributed by atoms with Gasteiger partial charge in [-0.05, 0) is 30.5 Å². The minimum atomic E-state index is -3.27. The first-order valence-corrected chi connectivity index (χ1v) is 7.18. The molecule has 5 heteroatoms. The van der Waals surface area contributed by atoms with Crippen LogP contribution in [-0.2, 0) is 15.4 Å². The van der Waals surface area contributed by atoms with Gasteiger partial charge in [0.05, 0.1) is 0 Å². The summed E-state index contributed by atoms with van der Waals surface area (Å²) in [5, 5.41) is 0.0849. The monoisotopic (exact) mass is 242 g/mol. The van der Waals surface area contributed by atoms with E-state index in [1.807, 2.05) is 13.8 Å². The maximum Gasteiger partial charge on any atom is 0.192 e. The van der Waals surface area contributed by atoms with Crippen LogP contribution in [0.25, 0.3) is 0 Å². The van der Waals surface area contributed by atoms with Crippen LogP contribution >= 0.6 is 0 Å². The Hall–Kier alpha value is -0.940. The topological polar surface area (TPSA) is 73.0 Å². The molecule has 90 valence electrons. The van der Waals surface area contributed by atoms with Crippen LogP contribution in [0.5, 0.6) is 0 Å². The Kier molecular flexibility index (Phi) is 3.70. The molecular weight excluding hydrogens is 224 g/mol. The van der Waals surface area contributed by atoms with Gasteiger partial charge in [0.15, 0.2) is 14.9 Å². The lowest BCUT2D eigenvalue weighted by Crippen LogP contribution is -2.35. The third-order valence-electron chi connectivity index (χ3n) is 2.95. The first kappa shape index (κ1) is 13.1. The molecule has 0 atom stereocenters. The van der Waals surface area contributed by atoms with Crippen LogP contribution in [0.4, 0.5) is 0 Å². The predicted molar refractivity (Wildman–Crippen MR) is 63.8 cm³/mol. The summed E-state index contributed by atoms with van der Waals surface area (Å²) in [5.74, 6) is 0. The second-order valence-corrected chi connectivity index (χ2v) is 5.98. The van der Waals surface area contributed by atoms with E-state index < -0.39 is 15.4 Å². The average Bonchev–Trinajstić information content (AvgIpc) is 2.27. The molecule has 1 heterocycles. The van der Waals surface area contributed by atoms with Gasteiger partial charge in [0.1, 0.15) is 0 Å². The molecule has 4 nitrogen and oxygen atoms in total. The highest BCUT2D eigenvalue weighted by molar-refractivity contribution is 7.90. The summed E-state index contributed by atoms with van der Waals surface area (Å²) in [4.78, 5) is 3.85. The predicted octanol–water partition coefficient (Wildman–Crippen LogP) is 1.46. The van der Waals surface area contributed by atoms with Gasteiger partial charge < -0.3 is 5.73 Å². The third-order valence-corrected chi connectivity index (χ3v) is 3.93. The van der Waals surface area contributed by atoms with E-state index in [4.69, 9.17) is 5.73 Å². The normalized spacial score (nSPS) is 12.8. The Labute approximate surface area is 96.8 Å². The summed E-state index contributed by atoms with van der Waals surface area (Å²) in [6, 6.07) is 3.35. The minimum absolute atomic E-state index is 0.0849. The van der Waals surface area contributed by atoms with Crippen molar-refractivity contribution in [2.24, 2.45) is 5.73 Å². The largest absolute Gasteiger partial charge is 0.321 e. The highest BCUT2D eigenvalue weighted by atomic mass is 32.2. The molecule has 0 spiro atoms. The van der Waals surface area contributed by atoms with Crippen molar-refractivity contribution >= 4 is 9.84 Å². The number of pyridine rings is 1. The lowest BCUT2D eigenvalue weighted by Gasteiger charge is -2.27. The first-order chi connectivity index (χ1) is 7.33. The summed E-state index contributed by atoms with van der Waals surface area (Å²) >= 11 is 0. The summed E-state index contributed by atoms with van der Waals surface area (Å²) in [6.07, 6.45) is 4.17. The Bertz CT molecular complexity index is 465. The number of hydrogen-bond donors (Lipinski definition) is 1. The van der Waals surface area contributed by atoms with Crippen LogP contribution in [0.3, 0.4) is 0 Å². The Morgan fingerprint density at radius 1 is 1.38 bits per heavy atom.